The topological polar surface area (TPSA) is 83.5 Å². The summed E-state index contributed by atoms with van der Waals surface area (Å²) < 4.78 is 10.7. The molecule has 0 radical (unpaired) electrons. The summed E-state index contributed by atoms with van der Waals surface area (Å²) in [6.07, 6.45) is 3.96. The summed E-state index contributed by atoms with van der Waals surface area (Å²) in [4.78, 5) is 34.7. The Hall–Kier alpha value is -2.78. The molecule has 182 valence electrons. The molecule has 1 aromatic rings. The number of amidine groups is 1. The second-order valence-corrected chi connectivity index (χ2v) is 9.39. The van der Waals surface area contributed by atoms with Crippen molar-refractivity contribution < 1.29 is 19.1 Å². The van der Waals surface area contributed by atoms with E-state index in [-0.39, 0.29) is 12.3 Å². The number of allylic oxidation sites excluding steroid dienone is 1. The molecule has 3 aliphatic rings. The fourth-order valence-electron chi connectivity index (χ4n) is 4.69. The number of esters is 1. The number of hydrogen-bond acceptors (Lipinski definition) is 8. The number of nitrogens with one attached hydrogen (secondary N) is 1. The van der Waals surface area contributed by atoms with Gasteiger partial charge in [-0.1, -0.05) is 36.4 Å². The van der Waals surface area contributed by atoms with E-state index in [0.29, 0.717) is 23.6 Å². The second kappa shape index (κ2) is 11.1. The Kier molecular flexibility index (Phi) is 7.95. The van der Waals surface area contributed by atoms with E-state index in [2.05, 4.69) is 15.2 Å². The van der Waals surface area contributed by atoms with Gasteiger partial charge in [-0.15, -0.1) is 0 Å². The normalized spacial score (nSPS) is 20.4. The Labute approximate surface area is 205 Å². The minimum atomic E-state index is -0.501. The van der Waals surface area contributed by atoms with Gasteiger partial charge in [0.05, 0.1) is 38.0 Å². The summed E-state index contributed by atoms with van der Waals surface area (Å²) in [6, 6.07) is 7.10. The average molecular weight is 485 g/mol. The van der Waals surface area contributed by atoms with E-state index in [0.717, 1.165) is 36.1 Å². The number of aliphatic imine (C=N–C) groups is 1. The van der Waals surface area contributed by atoms with E-state index in [1.54, 1.807) is 7.11 Å². The molecule has 3 heterocycles. The van der Waals surface area contributed by atoms with Crippen molar-refractivity contribution in [2.45, 2.75) is 38.6 Å². The van der Waals surface area contributed by atoms with Gasteiger partial charge < -0.3 is 24.6 Å². The van der Waals surface area contributed by atoms with Gasteiger partial charge in [-0.25, -0.2) is 9.79 Å². The molecular weight excluding hydrogens is 452 g/mol. The van der Waals surface area contributed by atoms with Crippen molar-refractivity contribution in [3.05, 3.63) is 52.2 Å². The van der Waals surface area contributed by atoms with Crippen LogP contribution in [0.5, 0.6) is 5.75 Å². The monoisotopic (exact) mass is 484 g/mol. The lowest BCUT2D eigenvalue weighted by atomic mass is 9.93. The first-order chi connectivity index (χ1) is 16.5. The lowest BCUT2D eigenvalue weighted by Gasteiger charge is -2.36. The minimum Gasteiger partial charge on any atom is -0.496 e. The first-order valence-electron chi connectivity index (χ1n) is 11.7. The van der Waals surface area contributed by atoms with Gasteiger partial charge in [0.1, 0.15) is 5.75 Å². The smallest absolute Gasteiger partial charge is 0.338 e. The number of fused-ring (bicyclic) bond motifs is 1. The first kappa shape index (κ1) is 24.3. The van der Waals surface area contributed by atoms with Crippen molar-refractivity contribution >= 4 is 28.8 Å². The van der Waals surface area contributed by atoms with Gasteiger partial charge in [0, 0.05) is 24.4 Å². The zero-order valence-corrected chi connectivity index (χ0v) is 20.8. The van der Waals surface area contributed by atoms with Crippen LogP contribution < -0.4 is 10.1 Å². The van der Waals surface area contributed by atoms with Gasteiger partial charge in [-0.05, 0) is 44.3 Å². The number of para-hydroxylation sites is 1. The van der Waals surface area contributed by atoms with Crippen LogP contribution in [0.4, 0.5) is 0 Å². The molecule has 0 unspecified atom stereocenters. The number of carbonyl (C=O) groups excluding carboxylic acids is 2. The third-order valence-corrected chi connectivity index (χ3v) is 7.27. The summed E-state index contributed by atoms with van der Waals surface area (Å²) in [7, 11) is 2.97. The molecule has 0 spiro atoms. The number of piperidine rings is 1. The van der Waals surface area contributed by atoms with Crippen LogP contribution in [-0.2, 0) is 14.3 Å². The zero-order chi connectivity index (χ0) is 24.1. The van der Waals surface area contributed by atoms with Crippen LogP contribution in [0.1, 0.15) is 44.2 Å². The van der Waals surface area contributed by atoms with E-state index in [1.807, 2.05) is 41.5 Å². The van der Waals surface area contributed by atoms with E-state index >= 15 is 0 Å². The van der Waals surface area contributed by atoms with E-state index < -0.39 is 12.0 Å². The van der Waals surface area contributed by atoms with Gasteiger partial charge >= 0.3 is 5.97 Å². The Morgan fingerprint density at radius 1 is 1.18 bits per heavy atom. The Morgan fingerprint density at radius 3 is 2.68 bits per heavy atom. The molecule has 34 heavy (non-hydrogen) atoms. The molecule has 1 amide bonds. The van der Waals surface area contributed by atoms with Gasteiger partial charge in [0.25, 0.3) is 0 Å². The third kappa shape index (κ3) is 5.15. The summed E-state index contributed by atoms with van der Waals surface area (Å²) >= 11 is 1.46. The molecule has 1 N–H and O–H groups in total. The molecule has 1 atom stereocenters. The predicted octanol–water partition coefficient (Wildman–Crippen LogP) is 3.44. The van der Waals surface area contributed by atoms with Crippen molar-refractivity contribution in [1.82, 2.24) is 15.1 Å². The maximum atomic E-state index is 12.8. The van der Waals surface area contributed by atoms with Gasteiger partial charge in [0.2, 0.25) is 5.91 Å². The van der Waals surface area contributed by atoms with Crippen LogP contribution in [0.15, 0.2) is 51.6 Å². The van der Waals surface area contributed by atoms with Crippen molar-refractivity contribution in [3.8, 4) is 5.75 Å². The average Bonchev–Trinajstić information content (AvgIpc) is 3.25. The summed E-state index contributed by atoms with van der Waals surface area (Å²) in [5, 5.41) is 5.73. The molecule has 4 rings (SSSR count). The lowest BCUT2D eigenvalue weighted by Crippen LogP contribution is -2.40. The quantitative estimate of drug-likeness (QED) is 0.566. The molecule has 3 aliphatic heterocycles. The fraction of sp³-hybridized carbons (Fsp3) is 0.480. The number of likely N-dealkylation sites (tertiary alicyclic amines) is 1. The number of rotatable bonds is 8. The highest BCUT2D eigenvalue weighted by atomic mass is 32.2. The number of ether oxygens (including phenoxy) is 2. The second-order valence-electron chi connectivity index (χ2n) is 8.56. The van der Waals surface area contributed by atoms with Gasteiger partial charge in [-0.3, -0.25) is 4.79 Å². The molecule has 1 saturated heterocycles. The highest BCUT2D eigenvalue weighted by Crippen LogP contribution is 2.46. The molecule has 0 aromatic heterocycles. The third-order valence-electron chi connectivity index (χ3n) is 6.38. The van der Waals surface area contributed by atoms with E-state index in [4.69, 9.17) is 9.47 Å². The molecule has 0 saturated carbocycles. The molecule has 0 aliphatic carbocycles. The van der Waals surface area contributed by atoms with Crippen LogP contribution in [0.25, 0.3) is 0 Å². The number of carbonyl (C=O) groups is 2. The predicted molar refractivity (Wildman–Crippen MR) is 133 cm³/mol. The highest BCUT2D eigenvalue weighted by molar-refractivity contribution is 8.16. The van der Waals surface area contributed by atoms with Crippen LogP contribution in [0.2, 0.25) is 0 Å². The number of benzene rings is 1. The Morgan fingerprint density at radius 2 is 1.94 bits per heavy atom. The van der Waals surface area contributed by atoms with Gasteiger partial charge in [0.15, 0.2) is 5.17 Å². The number of nitrogens with zero attached hydrogens (tertiary/aromatic N) is 3. The number of thioether (sulfide) groups is 1. The highest BCUT2D eigenvalue weighted by Gasteiger charge is 2.42. The summed E-state index contributed by atoms with van der Waals surface area (Å²) in [5.74, 6) is 0.165. The van der Waals surface area contributed by atoms with Crippen LogP contribution in [0.3, 0.4) is 0 Å². The number of hydrogen-bond donors (Lipinski definition) is 1. The SMILES string of the molecule is COC(=O)C1=C(C)N=C2SC=C(CC(=O)NCCN3CCCCC3)N2[C@@H]1c1ccccc1OC. The zero-order valence-electron chi connectivity index (χ0n) is 20.0. The number of amides is 1. The largest absolute Gasteiger partial charge is 0.496 e. The fourth-order valence-corrected chi connectivity index (χ4v) is 5.65. The Balaban J connectivity index is 1.54. The molecule has 0 bridgehead atoms. The standard InChI is InChI=1S/C25H32N4O4S/c1-17-22(24(31)33-3)23(19-9-5-6-10-20(19)32-2)29-18(16-34-25(29)27-17)15-21(30)26-11-14-28-12-7-4-8-13-28/h5-6,9-10,16,23H,4,7-8,11-15H2,1-3H3,(H,26,30)/t23-/m1/s1. The lowest BCUT2D eigenvalue weighted by molar-refractivity contribution is -0.136. The molecular formula is C25H32N4O4S. The van der Waals surface area contributed by atoms with Crippen LogP contribution in [-0.4, -0.2) is 67.2 Å². The van der Waals surface area contributed by atoms with Crippen molar-refractivity contribution in [3.63, 3.8) is 0 Å². The van der Waals surface area contributed by atoms with Crippen LogP contribution >= 0.6 is 11.8 Å². The summed E-state index contributed by atoms with van der Waals surface area (Å²) in [5.41, 5.74) is 2.65. The van der Waals surface area contributed by atoms with Gasteiger partial charge in [-0.2, -0.15) is 0 Å². The molecule has 1 fully saturated rings. The van der Waals surface area contributed by atoms with Crippen LogP contribution in [0, 0.1) is 0 Å². The summed E-state index contributed by atoms with van der Waals surface area (Å²) in [6.45, 7) is 5.52. The molecule has 9 heteroatoms. The maximum absolute atomic E-state index is 12.8. The van der Waals surface area contributed by atoms with Crippen molar-refractivity contribution in [1.29, 1.82) is 0 Å². The maximum Gasteiger partial charge on any atom is 0.338 e. The molecule has 1 aromatic carbocycles. The Bertz CT molecular complexity index is 1030. The van der Waals surface area contributed by atoms with E-state index in [1.165, 1.54) is 38.1 Å². The van der Waals surface area contributed by atoms with Crippen molar-refractivity contribution in [2.24, 2.45) is 4.99 Å². The van der Waals surface area contributed by atoms with Crippen molar-refractivity contribution in [2.75, 3.05) is 40.4 Å². The minimum absolute atomic E-state index is 0.0465. The van der Waals surface area contributed by atoms with E-state index in [9.17, 15) is 9.59 Å². The number of methoxy groups -OCH3 is 2. The first-order valence-corrected chi connectivity index (χ1v) is 12.6. The molecule has 8 nitrogen and oxygen atoms in total.